The van der Waals surface area contributed by atoms with E-state index in [0.29, 0.717) is 27.5 Å². The Labute approximate surface area is 178 Å². The van der Waals surface area contributed by atoms with Crippen LogP contribution in [-0.4, -0.2) is 14.9 Å². The van der Waals surface area contributed by atoms with Crippen molar-refractivity contribution in [1.82, 2.24) is 9.78 Å². The van der Waals surface area contributed by atoms with Crippen LogP contribution in [0.15, 0.2) is 72.9 Å². The average Bonchev–Trinajstić information content (AvgIpc) is 3.12. The van der Waals surface area contributed by atoms with Crippen LogP contribution >= 0.6 is 35.4 Å². The maximum Gasteiger partial charge on any atom is 0.176 e. The molecule has 0 unspecified atom stereocenters. The van der Waals surface area contributed by atoms with Crippen molar-refractivity contribution in [1.29, 1.82) is 0 Å². The van der Waals surface area contributed by atoms with E-state index in [0.717, 1.165) is 22.0 Å². The highest BCUT2D eigenvalue weighted by molar-refractivity contribution is 7.80. The summed E-state index contributed by atoms with van der Waals surface area (Å²) in [5, 5.41) is 14.8. The Morgan fingerprint density at radius 2 is 1.61 bits per heavy atom. The summed E-state index contributed by atoms with van der Waals surface area (Å²) < 4.78 is 1.76. The first-order valence-electron chi connectivity index (χ1n) is 8.62. The molecule has 1 aromatic heterocycles. The molecule has 0 radical (unpaired) electrons. The summed E-state index contributed by atoms with van der Waals surface area (Å²) in [6.45, 7) is 0.476. The number of thiocarbonyl (C=S) groups is 1. The summed E-state index contributed by atoms with van der Waals surface area (Å²) in [6, 6.07) is 21.5. The molecule has 4 aromatic rings. The van der Waals surface area contributed by atoms with E-state index < -0.39 is 0 Å². The summed E-state index contributed by atoms with van der Waals surface area (Å²) in [5.41, 5.74) is 1.77. The second-order valence-electron chi connectivity index (χ2n) is 6.20. The standard InChI is InChI=1S/C21H16Cl2N4S/c22-17-8-4-9-18(23)16(17)13-27-12-11-20(26-27)25-21(28)24-19-10-3-6-14-5-1-2-7-15(14)19/h1-12H,13H2,(H2,24,25,26,28). The third-order valence-corrected chi connectivity index (χ3v) is 5.21. The number of aromatic nitrogens is 2. The van der Waals surface area contributed by atoms with Crippen LogP contribution in [0, 0.1) is 0 Å². The molecule has 4 rings (SSSR count). The Bertz CT molecular complexity index is 1130. The molecule has 0 aliphatic carbocycles. The second-order valence-corrected chi connectivity index (χ2v) is 7.43. The Balaban J connectivity index is 1.46. The highest BCUT2D eigenvalue weighted by Crippen LogP contribution is 2.25. The van der Waals surface area contributed by atoms with Crippen molar-refractivity contribution in [3.63, 3.8) is 0 Å². The molecule has 0 atom stereocenters. The maximum atomic E-state index is 6.24. The summed E-state index contributed by atoms with van der Waals surface area (Å²) in [5.74, 6) is 0.640. The molecule has 1 heterocycles. The highest BCUT2D eigenvalue weighted by Gasteiger charge is 2.09. The van der Waals surface area contributed by atoms with Crippen molar-refractivity contribution < 1.29 is 0 Å². The zero-order chi connectivity index (χ0) is 19.5. The normalized spacial score (nSPS) is 10.8. The Morgan fingerprint density at radius 3 is 2.43 bits per heavy atom. The molecule has 0 amide bonds. The second kappa shape index (κ2) is 8.19. The van der Waals surface area contributed by atoms with E-state index in [9.17, 15) is 0 Å². The fraction of sp³-hybridized carbons (Fsp3) is 0.0476. The number of fused-ring (bicyclic) bond motifs is 1. The highest BCUT2D eigenvalue weighted by atomic mass is 35.5. The van der Waals surface area contributed by atoms with Gasteiger partial charge in [-0.05, 0) is 35.8 Å². The molecule has 0 aliphatic heterocycles. The zero-order valence-electron chi connectivity index (χ0n) is 14.7. The van der Waals surface area contributed by atoms with Crippen LogP contribution in [0.1, 0.15) is 5.56 Å². The Kier molecular flexibility index (Phi) is 5.48. The first-order chi connectivity index (χ1) is 13.6. The average molecular weight is 427 g/mol. The number of nitrogens with one attached hydrogen (secondary N) is 2. The van der Waals surface area contributed by atoms with E-state index in [1.54, 1.807) is 4.68 Å². The molecule has 0 saturated heterocycles. The lowest BCUT2D eigenvalue weighted by Crippen LogP contribution is -2.19. The summed E-state index contributed by atoms with van der Waals surface area (Å²) in [7, 11) is 0. The molecule has 0 spiro atoms. The van der Waals surface area contributed by atoms with E-state index >= 15 is 0 Å². The Morgan fingerprint density at radius 1 is 0.893 bits per heavy atom. The van der Waals surface area contributed by atoms with Gasteiger partial charge in [-0.25, -0.2) is 0 Å². The van der Waals surface area contributed by atoms with Gasteiger partial charge in [0.05, 0.1) is 6.54 Å². The molecule has 0 saturated carbocycles. The van der Waals surface area contributed by atoms with Gasteiger partial charge in [0.2, 0.25) is 0 Å². The van der Waals surface area contributed by atoms with Crippen molar-refractivity contribution in [2.75, 3.05) is 10.6 Å². The molecule has 4 nitrogen and oxygen atoms in total. The molecule has 0 bridgehead atoms. The third kappa shape index (κ3) is 4.12. The molecule has 140 valence electrons. The number of halogens is 2. The largest absolute Gasteiger partial charge is 0.332 e. The summed E-state index contributed by atoms with van der Waals surface area (Å²) >= 11 is 17.9. The number of hydrogen-bond acceptors (Lipinski definition) is 2. The minimum atomic E-state index is 0.470. The van der Waals surface area contributed by atoms with Crippen LogP contribution in [0.25, 0.3) is 10.8 Å². The lowest BCUT2D eigenvalue weighted by Gasteiger charge is -2.11. The molecule has 7 heteroatoms. The summed E-state index contributed by atoms with van der Waals surface area (Å²) in [4.78, 5) is 0. The molecule has 0 fully saturated rings. The van der Waals surface area contributed by atoms with Crippen molar-refractivity contribution in [2.45, 2.75) is 6.54 Å². The zero-order valence-corrected chi connectivity index (χ0v) is 17.0. The number of anilines is 2. The van der Waals surface area contributed by atoms with Crippen LogP contribution in [-0.2, 0) is 6.54 Å². The van der Waals surface area contributed by atoms with Gasteiger partial charge in [-0.2, -0.15) is 5.10 Å². The van der Waals surface area contributed by atoms with Gasteiger partial charge in [0.15, 0.2) is 10.9 Å². The van der Waals surface area contributed by atoms with Gasteiger partial charge in [-0.1, -0.05) is 65.7 Å². The van der Waals surface area contributed by atoms with Gasteiger partial charge >= 0.3 is 0 Å². The van der Waals surface area contributed by atoms with E-state index in [1.807, 2.05) is 54.7 Å². The smallest absolute Gasteiger partial charge is 0.176 e. The number of hydrogen-bond donors (Lipinski definition) is 2. The van der Waals surface area contributed by atoms with Crippen molar-refractivity contribution in [3.05, 3.63) is 88.5 Å². The van der Waals surface area contributed by atoms with Crippen LogP contribution in [0.3, 0.4) is 0 Å². The first-order valence-corrected chi connectivity index (χ1v) is 9.79. The molecule has 2 N–H and O–H groups in total. The lowest BCUT2D eigenvalue weighted by molar-refractivity contribution is 0.690. The number of benzene rings is 3. The molecule has 28 heavy (non-hydrogen) atoms. The van der Waals surface area contributed by atoms with Gasteiger partial charge in [0.1, 0.15) is 0 Å². The fourth-order valence-electron chi connectivity index (χ4n) is 2.97. The fourth-order valence-corrected chi connectivity index (χ4v) is 3.70. The van der Waals surface area contributed by atoms with Gasteiger partial charge in [0, 0.05) is 38.9 Å². The van der Waals surface area contributed by atoms with Gasteiger partial charge in [-0.3, -0.25) is 4.68 Å². The quantitative estimate of drug-likeness (QED) is 0.381. The van der Waals surface area contributed by atoms with Crippen molar-refractivity contribution >= 4 is 62.8 Å². The molecule has 3 aromatic carbocycles. The van der Waals surface area contributed by atoms with Crippen molar-refractivity contribution in [2.24, 2.45) is 0 Å². The number of rotatable bonds is 4. The lowest BCUT2D eigenvalue weighted by atomic mass is 10.1. The summed E-state index contributed by atoms with van der Waals surface area (Å²) in [6.07, 6.45) is 1.85. The molecular formula is C21H16Cl2N4S. The number of nitrogens with zero attached hydrogens (tertiary/aromatic N) is 2. The van der Waals surface area contributed by atoms with Gasteiger partial charge < -0.3 is 10.6 Å². The SMILES string of the molecule is S=C(Nc1ccn(Cc2c(Cl)cccc2Cl)n1)Nc1cccc2ccccc12. The van der Waals surface area contributed by atoms with E-state index in [1.165, 1.54) is 0 Å². The Hall–Kier alpha value is -2.60. The minimum Gasteiger partial charge on any atom is -0.332 e. The first kappa shape index (κ1) is 18.7. The predicted molar refractivity (Wildman–Crippen MR) is 122 cm³/mol. The van der Waals surface area contributed by atoms with E-state index in [2.05, 4.69) is 33.9 Å². The van der Waals surface area contributed by atoms with E-state index in [-0.39, 0.29) is 0 Å². The van der Waals surface area contributed by atoms with Crippen LogP contribution in [0.2, 0.25) is 10.0 Å². The maximum absolute atomic E-state index is 6.24. The topological polar surface area (TPSA) is 41.9 Å². The van der Waals surface area contributed by atoms with Gasteiger partial charge in [0.25, 0.3) is 0 Å². The van der Waals surface area contributed by atoms with Crippen molar-refractivity contribution in [3.8, 4) is 0 Å². The van der Waals surface area contributed by atoms with Crippen LogP contribution in [0.5, 0.6) is 0 Å². The van der Waals surface area contributed by atoms with Crippen LogP contribution < -0.4 is 10.6 Å². The minimum absolute atomic E-state index is 0.470. The molecule has 0 aliphatic rings. The third-order valence-electron chi connectivity index (χ3n) is 4.30. The van der Waals surface area contributed by atoms with E-state index in [4.69, 9.17) is 35.4 Å². The monoisotopic (exact) mass is 426 g/mol. The predicted octanol–water partition coefficient (Wildman–Crippen LogP) is 6.20. The molecular weight excluding hydrogens is 411 g/mol. The van der Waals surface area contributed by atoms with Gasteiger partial charge in [-0.15, -0.1) is 0 Å². The van der Waals surface area contributed by atoms with Crippen LogP contribution in [0.4, 0.5) is 11.5 Å².